The molecule has 37 heavy (non-hydrogen) atoms. The van der Waals surface area contributed by atoms with E-state index in [1.807, 2.05) is 6.07 Å². The summed E-state index contributed by atoms with van der Waals surface area (Å²) in [5.74, 6) is 1.74. The van der Waals surface area contributed by atoms with Gasteiger partial charge in [0.1, 0.15) is 21.7 Å². The monoisotopic (exact) mass is 536 g/mol. The number of aromatic nitrogens is 3. The number of ether oxygens (including phenoxy) is 3. The van der Waals surface area contributed by atoms with Crippen molar-refractivity contribution in [2.24, 2.45) is 0 Å². The molecule has 1 aliphatic heterocycles. The molecule has 0 atom stereocenters. The first-order chi connectivity index (χ1) is 17.9. The fourth-order valence-corrected chi connectivity index (χ4v) is 6.42. The van der Waals surface area contributed by atoms with E-state index < -0.39 is 10.0 Å². The number of fused-ring (bicyclic) bond motifs is 3. The van der Waals surface area contributed by atoms with Crippen LogP contribution in [0.4, 0.5) is 0 Å². The summed E-state index contributed by atoms with van der Waals surface area (Å²) in [7, 11) is -2.55. The van der Waals surface area contributed by atoms with E-state index in [0.29, 0.717) is 44.9 Å². The van der Waals surface area contributed by atoms with Crippen molar-refractivity contribution >= 4 is 43.7 Å². The third kappa shape index (κ3) is 4.28. The lowest BCUT2D eigenvalue weighted by molar-refractivity contribution is 0.174. The minimum atomic E-state index is -4.10. The summed E-state index contributed by atoms with van der Waals surface area (Å²) in [6, 6.07) is 17.1. The number of pyridine rings is 1. The summed E-state index contributed by atoms with van der Waals surface area (Å²) in [5, 5.41) is 0.752. The average Bonchev–Trinajstić information content (AvgIpc) is 3.57. The quantitative estimate of drug-likeness (QED) is 0.334. The van der Waals surface area contributed by atoms with Crippen LogP contribution in [0.1, 0.15) is 11.1 Å². The molecule has 0 amide bonds. The number of H-pyrrole nitrogens is 1. The van der Waals surface area contributed by atoms with Gasteiger partial charge in [-0.3, -0.25) is 4.79 Å². The van der Waals surface area contributed by atoms with Crippen LogP contribution in [0, 0.1) is 0 Å². The summed E-state index contributed by atoms with van der Waals surface area (Å²) in [6.45, 7) is -0.0636. The number of rotatable bonds is 7. The van der Waals surface area contributed by atoms with E-state index in [9.17, 15) is 13.2 Å². The molecule has 5 aromatic rings. The second-order valence-electron chi connectivity index (χ2n) is 8.43. The number of aromatic amines is 1. The van der Waals surface area contributed by atoms with Crippen LogP contribution in [-0.4, -0.2) is 40.4 Å². The first kappa shape index (κ1) is 23.4. The van der Waals surface area contributed by atoms with Crippen LogP contribution in [0.15, 0.2) is 70.4 Å². The normalized spacial score (nSPS) is 13.0. The van der Waals surface area contributed by atoms with E-state index in [1.54, 1.807) is 55.6 Å². The summed E-state index contributed by atoms with van der Waals surface area (Å²) < 4.78 is 53.8. The highest BCUT2D eigenvalue weighted by Gasteiger charge is 2.29. The Labute approximate surface area is 215 Å². The maximum absolute atomic E-state index is 14.0. The first-order valence-corrected chi connectivity index (χ1v) is 13.4. The van der Waals surface area contributed by atoms with Gasteiger partial charge in [-0.05, 0) is 53.4 Å². The smallest absolute Gasteiger partial charge is 0.252 e. The van der Waals surface area contributed by atoms with E-state index in [4.69, 9.17) is 14.2 Å². The van der Waals surface area contributed by atoms with Gasteiger partial charge in [-0.1, -0.05) is 12.1 Å². The van der Waals surface area contributed by atoms with Gasteiger partial charge in [0, 0.05) is 24.7 Å². The summed E-state index contributed by atoms with van der Waals surface area (Å²) >= 11 is 0.945. The van der Waals surface area contributed by atoms with Crippen molar-refractivity contribution in [3.63, 3.8) is 0 Å². The number of benzene rings is 3. The number of hydrogen-bond acceptors (Lipinski definition) is 9. The zero-order valence-corrected chi connectivity index (χ0v) is 21.1. The molecule has 12 heteroatoms. The van der Waals surface area contributed by atoms with Crippen LogP contribution in [0.2, 0.25) is 0 Å². The Morgan fingerprint density at radius 1 is 1.03 bits per heavy atom. The molecule has 0 bridgehead atoms. The van der Waals surface area contributed by atoms with Gasteiger partial charge in [0.05, 0.1) is 24.4 Å². The molecule has 6 rings (SSSR count). The number of nitrogens with one attached hydrogen (secondary N) is 1. The van der Waals surface area contributed by atoms with Crippen molar-refractivity contribution in [1.82, 2.24) is 18.0 Å². The molecular formula is C25H20N4O6S2. The van der Waals surface area contributed by atoms with Crippen molar-refractivity contribution in [2.45, 2.75) is 18.0 Å². The lowest BCUT2D eigenvalue weighted by Gasteiger charge is -2.22. The van der Waals surface area contributed by atoms with E-state index in [0.717, 1.165) is 17.1 Å². The predicted molar refractivity (Wildman–Crippen MR) is 138 cm³/mol. The minimum absolute atomic E-state index is 0.00693. The number of sulfonamides is 1. The van der Waals surface area contributed by atoms with Crippen LogP contribution in [0.3, 0.4) is 0 Å². The Balaban J connectivity index is 1.44. The molecule has 1 aliphatic rings. The fraction of sp³-hybridized carbons (Fsp3) is 0.160. The van der Waals surface area contributed by atoms with Crippen molar-refractivity contribution < 1.29 is 22.6 Å². The lowest BCUT2D eigenvalue weighted by atomic mass is 10.1. The van der Waals surface area contributed by atoms with Crippen LogP contribution in [0.25, 0.3) is 21.9 Å². The van der Waals surface area contributed by atoms with Gasteiger partial charge in [-0.15, -0.1) is 0 Å². The summed E-state index contributed by atoms with van der Waals surface area (Å²) in [4.78, 5) is 15.9. The van der Waals surface area contributed by atoms with E-state index in [2.05, 4.69) is 13.7 Å². The van der Waals surface area contributed by atoms with Crippen LogP contribution in [0.5, 0.6) is 17.2 Å². The lowest BCUT2D eigenvalue weighted by Crippen LogP contribution is -2.32. The number of methoxy groups -OCH3 is 1. The van der Waals surface area contributed by atoms with Crippen molar-refractivity contribution in [2.75, 3.05) is 13.9 Å². The Morgan fingerprint density at radius 2 is 1.89 bits per heavy atom. The second kappa shape index (κ2) is 9.14. The Kier molecular flexibility index (Phi) is 5.78. The molecule has 3 aromatic carbocycles. The first-order valence-electron chi connectivity index (χ1n) is 11.2. The van der Waals surface area contributed by atoms with Crippen molar-refractivity contribution in [1.29, 1.82) is 0 Å². The molecule has 3 heterocycles. The predicted octanol–water partition coefficient (Wildman–Crippen LogP) is 3.66. The third-order valence-corrected chi connectivity index (χ3v) is 8.51. The fourth-order valence-electron chi connectivity index (χ4n) is 4.26. The summed E-state index contributed by atoms with van der Waals surface area (Å²) in [5.41, 5.74) is 1.97. The Hall–Kier alpha value is -4.00. The van der Waals surface area contributed by atoms with Crippen LogP contribution >= 0.6 is 11.7 Å². The molecule has 1 N–H and O–H groups in total. The summed E-state index contributed by atoms with van der Waals surface area (Å²) in [6.07, 6.45) is 0. The number of hydrogen-bond donors (Lipinski definition) is 1. The minimum Gasteiger partial charge on any atom is -0.497 e. The molecule has 0 saturated heterocycles. The highest BCUT2D eigenvalue weighted by Crippen LogP contribution is 2.34. The van der Waals surface area contributed by atoms with Crippen LogP contribution < -0.4 is 19.8 Å². The van der Waals surface area contributed by atoms with Gasteiger partial charge in [0.25, 0.3) is 5.56 Å². The second-order valence-corrected chi connectivity index (χ2v) is 10.9. The topological polar surface area (TPSA) is 124 Å². The highest BCUT2D eigenvalue weighted by atomic mass is 32.2. The highest BCUT2D eigenvalue weighted by molar-refractivity contribution is 7.89. The molecule has 0 fully saturated rings. The molecular weight excluding hydrogens is 516 g/mol. The van der Waals surface area contributed by atoms with E-state index >= 15 is 0 Å². The van der Waals surface area contributed by atoms with Gasteiger partial charge in [-0.25, -0.2) is 8.42 Å². The van der Waals surface area contributed by atoms with Gasteiger partial charge in [-0.2, -0.15) is 13.1 Å². The molecule has 0 saturated carbocycles. The zero-order chi connectivity index (χ0) is 25.6. The SMILES string of the molecule is COc1ccc2cc(CN(Cc3ccc4c(c3)OCO4)S(=O)(=O)c3cccc4nsnc34)c(=O)[nH]c2c1. The van der Waals surface area contributed by atoms with Gasteiger partial charge >= 0.3 is 0 Å². The third-order valence-electron chi connectivity index (χ3n) is 6.14. The van der Waals surface area contributed by atoms with E-state index in [-0.39, 0.29) is 30.3 Å². The van der Waals surface area contributed by atoms with Crippen molar-refractivity contribution in [3.05, 3.63) is 82.1 Å². The molecule has 0 radical (unpaired) electrons. The standard InChI is InChI=1S/C25H20N4O6S2/c1-33-18-7-6-16-10-17(25(30)26-20(16)11-18)13-29(12-15-5-8-21-22(9-15)35-14-34-21)37(31,32)23-4-2-3-19-24(23)28-36-27-19/h2-11H,12-14H2,1H3,(H,26,30). The molecule has 0 unspecified atom stereocenters. The maximum atomic E-state index is 14.0. The Bertz CT molecular complexity index is 1820. The zero-order valence-electron chi connectivity index (χ0n) is 19.5. The molecule has 2 aromatic heterocycles. The molecule has 188 valence electrons. The average molecular weight is 537 g/mol. The maximum Gasteiger partial charge on any atom is 0.252 e. The van der Waals surface area contributed by atoms with Gasteiger partial charge in [0.15, 0.2) is 11.5 Å². The molecule has 0 spiro atoms. The van der Waals surface area contributed by atoms with Gasteiger partial charge < -0.3 is 19.2 Å². The molecule has 0 aliphatic carbocycles. The number of nitrogens with zero attached hydrogens (tertiary/aromatic N) is 3. The molecule has 10 nitrogen and oxygen atoms in total. The largest absolute Gasteiger partial charge is 0.497 e. The van der Waals surface area contributed by atoms with Gasteiger partial charge in [0.2, 0.25) is 16.8 Å². The van der Waals surface area contributed by atoms with Crippen LogP contribution in [-0.2, 0) is 23.1 Å². The Morgan fingerprint density at radius 3 is 2.76 bits per heavy atom. The van der Waals surface area contributed by atoms with E-state index in [1.165, 1.54) is 10.4 Å². The van der Waals surface area contributed by atoms with Crippen molar-refractivity contribution in [3.8, 4) is 17.2 Å².